The number of rotatable bonds is 9. The van der Waals surface area contributed by atoms with Gasteiger partial charge in [-0.1, -0.05) is 25.1 Å². The number of methoxy groups -OCH3 is 1. The quantitative estimate of drug-likeness (QED) is 0.314. The van der Waals surface area contributed by atoms with Gasteiger partial charge in [0, 0.05) is 24.5 Å². The maximum atomic E-state index is 13.8. The van der Waals surface area contributed by atoms with Gasteiger partial charge in [0.05, 0.1) is 29.2 Å². The van der Waals surface area contributed by atoms with E-state index in [1.807, 2.05) is 61.7 Å². The summed E-state index contributed by atoms with van der Waals surface area (Å²) in [6.45, 7) is 7.42. The Morgan fingerprint density at radius 2 is 1.74 bits per heavy atom. The van der Waals surface area contributed by atoms with Gasteiger partial charge in [-0.2, -0.15) is 0 Å². The normalized spacial score (nSPS) is 16.1. The Morgan fingerprint density at radius 1 is 1.00 bits per heavy atom. The van der Waals surface area contributed by atoms with E-state index in [0.29, 0.717) is 23.2 Å². The van der Waals surface area contributed by atoms with E-state index in [9.17, 15) is 8.42 Å². The molecule has 3 aromatic heterocycles. The first-order valence-electron chi connectivity index (χ1n) is 12.7. The molecule has 0 N–H and O–H groups in total. The molecule has 10 heteroatoms. The third-order valence-electron chi connectivity index (χ3n) is 7.52. The molecule has 0 amide bonds. The van der Waals surface area contributed by atoms with Crippen molar-refractivity contribution in [1.82, 2.24) is 29.7 Å². The second-order valence-corrected chi connectivity index (χ2v) is 12.5. The minimum Gasteiger partial charge on any atom is -0.495 e. The Kier molecular flexibility index (Phi) is 6.77. The van der Waals surface area contributed by atoms with Crippen LogP contribution in [0, 0.1) is 13.8 Å². The van der Waals surface area contributed by atoms with E-state index < -0.39 is 26.4 Å². The topological polar surface area (TPSA) is 113 Å². The van der Waals surface area contributed by atoms with E-state index in [1.54, 1.807) is 32.6 Å². The lowest BCUT2D eigenvalue weighted by atomic mass is 10.00. The number of aryl methyl sites for hydroxylation is 2. The zero-order valence-corrected chi connectivity index (χ0v) is 23.1. The zero-order valence-electron chi connectivity index (χ0n) is 22.3. The molecule has 0 spiro atoms. The molecule has 1 saturated carbocycles. The summed E-state index contributed by atoms with van der Waals surface area (Å²) in [4.78, 5) is 13.4. The molecule has 0 saturated heterocycles. The fourth-order valence-corrected chi connectivity index (χ4v) is 6.43. The van der Waals surface area contributed by atoms with Crippen LogP contribution in [0.15, 0.2) is 55.0 Å². The molecule has 4 aromatic rings. The number of benzene rings is 1. The van der Waals surface area contributed by atoms with Crippen LogP contribution in [0.25, 0.3) is 5.69 Å². The van der Waals surface area contributed by atoms with Gasteiger partial charge in [0.15, 0.2) is 15.7 Å². The van der Waals surface area contributed by atoms with Crippen LogP contribution in [0.1, 0.15) is 66.9 Å². The second-order valence-electron chi connectivity index (χ2n) is 10.1. The number of para-hydroxylation sites is 1. The Balaban J connectivity index is 1.60. The molecule has 2 atom stereocenters. The summed E-state index contributed by atoms with van der Waals surface area (Å²) in [6.07, 6.45) is 6.88. The fourth-order valence-electron chi connectivity index (χ4n) is 4.87. The van der Waals surface area contributed by atoms with Gasteiger partial charge in [0.25, 0.3) is 0 Å². The monoisotopic (exact) mass is 532 g/mol. The summed E-state index contributed by atoms with van der Waals surface area (Å²) < 4.78 is 35.1. The van der Waals surface area contributed by atoms with Crippen molar-refractivity contribution in [1.29, 1.82) is 0 Å². The molecule has 38 heavy (non-hydrogen) atoms. The number of hydrogen-bond acceptors (Lipinski definition) is 8. The lowest BCUT2D eigenvalue weighted by Gasteiger charge is -2.22. The van der Waals surface area contributed by atoms with Crippen LogP contribution in [0.2, 0.25) is 0 Å². The lowest BCUT2D eigenvalue weighted by Crippen LogP contribution is -2.28. The summed E-state index contributed by atoms with van der Waals surface area (Å²) in [5, 5.41) is 8.34. The highest BCUT2D eigenvalue weighted by molar-refractivity contribution is 7.91. The van der Waals surface area contributed by atoms with Crippen molar-refractivity contribution in [3.05, 3.63) is 89.3 Å². The summed E-state index contributed by atoms with van der Waals surface area (Å²) in [7, 11) is -2.06. The second kappa shape index (κ2) is 9.90. The van der Waals surface area contributed by atoms with E-state index in [1.165, 1.54) is 0 Å². The molecule has 3 heterocycles. The van der Waals surface area contributed by atoms with E-state index in [0.717, 1.165) is 35.3 Å². The van der Waals surface area contributed by atoms with E-state index in [-0.39, 0.29) is 5.75 Å². The van der Waals surface area contributed by atoms with Crippen molar-refractivity contribution in [2.45, 2.75) is 62.9 Å². The summed E-state index contributed by atoms with van der Waals surface area (Å²) in [5.74, 6) is 1.47. The third kappa shape index (κ3) is 4.57. The summed E-state index contributed by atoms with van der Waals surface area (Å²) in [5.41, 5.74) is 3.05. The predicted octanol–water partition coefficient (Wildman–Crippen LogP) is 4.26. The molecule has 0 unspecified atom stereocenters. The number of nitrogens with zero attached hydrogens (tertiary/aromatic N) is 6. The molecule has 0 radical (unpaired) electrons. The Labute approximate surface area is 223 Å². The van der Waals surface area contributed by atoms with Gasteiger partial charge >= 0.3 is 0 Å². The molecule has 0 bridgehead atoms. The maximum absolute atomic E-state index is 13.8. The van der Waals surface area contributed by atoms with Gasteiger partial charge < -0.3 is 4.74 Å². The summed E-state index contributed by atoms with van der Waals surface area (Å²) >= 11 is 0. The zero-order chi connectivity index (χ0) is 27.1. The van der Waals surface area contributed by atoms with Crippen molar-refractivity contribution < 1.29 is 13.2 Å². The Morgan fingerprint density at radius 3 is 2.37 bits per heavy atom. The van der Waals surface area contributed by atoms with E-state index in [2.05, 4.69) is 25.1 Å². The van der Waals surface area contributed by atoms with E-state index in [4.69, 9.17) is 4.74 Å². The number of ether oxygens (including phenoxy) is 1. The average molecular weight is 533 g/mol. The number of pyridine rings is 1. The fraction of sp³-hybridized carbons (Fsp3) is 0.393. The molecule has 0 aliphatic heterocycles. The van der Waals surface area contributed by atoms with Gasteiger partial charge in [-0.15, -0.1) is 10.2 Å². The van der Waals surface area contributed by atoms with Crippen molar-refractivity contribution in [2.24, 2.45) is 0 Å². The smallest absolute Gasteiger partial charge is 0.160 e. The van der Waals surface area contributed by atoms with Crippen molar-refractivity contribution in [3.8, 4) is 11.4 Å². The molecule has 1 aliphatic carbocycles. The minimum atomic E-state index is -3.67. The van der Waals surface area contributed by atoms with Crippen molar-refractivity contribution in [3.63, 3.8) is 0 Å². The third-order valence-corrected chi connectivity index (χ3v) is 9.72. The number of hydrogen-bond donors (Lipinski definition) is 0. The highest BCUT2D eigenvalue weighted by atomic mass is 32.2. The minimum absolute atomic E-state index is 0.285. The first kappa shape index (κ1) is 26.0. The molecule has 1 fully saturated rings. The predicted molar refractivity (Wildman–Crippen MR) is 144 cm³/mol. The highest BCUT2D eigenvalue weighted by Crippen LogP contribution is 2.53. The first-order chi connectivity index (χ1) is 18.2. The van der Waals surface area contributed by atoms with Gasteiger partial charge in [-0.25, -0.2) is 18.4 Å². The molecule has 198 valence electrons. The Bertz CT molecular complexity index is 1550. The molecule has 9 nitrogen and oxygen atoms in total. The molecular weight excluding hydrogens is 500 g/mol. The van der Waals surface area contributed by atoms with Crippen LogP contribution in [0.3, 0.4) is 0 Å². The van der Waals surface area contributed by atoms with Crippen LogP contribution in [0.5, 0.6) is 5.75 Å². The Hall–Kier alpha value is -3.66. The maximum Gasteiger partial charge on any atom is 0.160 e. The molecule has 1 aromatic carbocycles. The van der Waals surface area contributed by atoms with Crippen LogP contribution < -0.4 is 4.74 Å². The summed E-state index contributed by atoms with van der Waals surface area (Å²) in [6, 6.07) is 11.6. The standard InChI is InChI=1S/C28H32N6O3S/c1-18-15-30-26(31-16-18)20(3)21(4)38(35,36)17-24-32-33-27(28(12-13-28)23-11-6-7-14-29-23)34(24)25-19(2)9-8-10-22(25)37-5/h6-11,14-16,20-21H,12-13,17H2,1-5H3/t20-,21-/m0/s1. The van der Waals surface area contributed by atoms with Gasteiger partial charge in [0.2, 0.25) is 0 Å². The molecule has 1 aliphatic rings. The van der Waals surface area contributed by atoms with Crippen LogP contribution in [-0.2, 0) is 21.0 Å². The highest BCUT2D eigenvalue weighted by Gasteiger charge is 2.52. The van der Waals surface area contributed by atoms with Gasteiger partial charge in [0.1, 0.15) is 23.2 Å². The van der Waals surface area contributed by atoms with Crippen molar-refractivity contribution >= 4 is 9.84 Å². The number of aromatic nitrogens is 6. The SMILES string of the molecule is COc1cccc(C)c1-n1c(CS(=O)(=O)[C@@H](C)[C@H](C)c2ncc(C)cn2)nnc1C1(c2ccccn2)CC1. The average Bonchev–Trinajstić information content (AvgIpc) is 3.63. The van der Waals surface area contributed by atoms with Crippen LogP contribution in [0.4, 0.5) is 0 Å². The van der Waals surface area contributed by atoms with Crippen LogP contribution in [-0.4, -0.2) is 50.5 Å². The number of sulfone groups is 1. The van der Waals surface area contributed by atoms with Gasteiger partial charge in [-0.3, -0.25) is 9.55 Å². The van der Waals surface area contributed by atoms with Crippen molar-refractivity contribution in [2.75, 3.05) is 7.11 Å². The van der Waals surface area contributed by atoms with Crippen LogP contribution >= 0.6 is 0 Å². The lowest BCUT2D eigenvalue weighted by molar-refractivity contribution is 0.411. The van der Waals surface area contributed by atoms with Gasteiger partial charge in [-0.05, 0) is 62.9 Å². The molecular formula is C28H32N6O3S. The largest absolute Gasteiger partial charge is 0.495 e. The van der Waals surface area contributed by atoms with E-state index >= 15 is 0 Å². The molecule has 5 rings (SSSR count). The first-order valence-corrected chi connectivity index (χ1v) is 14.4.